The Balaban J connectivity index is 1.68. The van der Waals surface area contributed by atoms with E-state index in [9.17, 15) is 14.6 Å². The molecule has 0 spiro atoms. The van der Waals surface area contributed by atoms with Crippen LogP contribution in [-0.2, 0) is 33.8 Å². The van der Waals surface area contributed by atoms with Gasteiger partial charge in [-0.15, -0.1) is 0 Å². The molecule has 164 valence electrons. The molecule has 3 rings (SSSR count). The van der Waals surface area contributed by atoms with Crippen LogP contribution in [0.3, 0.4) is 0 Å². The summed E-state index contributed by atoms with van der Waals surface area (Å²) < 4.78 is 10.8. The van der Waals surface area contributed by atoms with E-state index in [-0.39, 0.29) is 18.4 Å². The Hall–Kier alpha value is -2.64. The quantitative estimate of drug-likeness (QED) is 0.504. The number of rotatable bonds is 8. The van der Waals surface area contributed by atoms with Crippen molar-refractivity contribution in [2.75, 3.05) is 0 Å². The highest BCUT2D eigenvalue weighted by Crippen LogP contribution is 2.17. The van der Waals surface area contributed by atoms with Crippen LogP contribution in [-0.4, -0.2) is 30.1 Å². The van der Waals surface area contributed by atoms with Gasteiger partial charge in [-0.2, -0.15) is 0 Å². The van der Waals surface area contributed by atoms with Gasteiger partial charge in [0.1, 0.15) is 12.6 Å². The number of ether oxygens (including phenoxy) is 1. The number of carbonyl (C=O) groups is 2. The van der Waals surface area contributed by atoms with Crippen LogP contribution in [0.1, 0.15) is 59.8 Å². The largest absolute Gasteiger partial charge is 0.492 e. The molecule has 6 nitrogen and oxygen atoms in total. The summed E-state index contributed by atoms with van der Waals surface area (Å²) in [5, 5.41) is 12.8. The van der Waals surface area contributed by atoms with Crippen molar-refractivity contribution < 1.29 is 24.0 Å². The Kier molecular flexibility index (Phi) is 7.52. The summed E-state index contributed by atoms with van der Waals surface area (Å²) in [6.07, 6.45) is 2.03. The lowest BCUT2D eigenvalue weighted by atomic mass is 9.75. The second-order valence-electron chi connectivity index (χ2n) is 8.35. The SMILES string of the molecule is CCCc1cccc(COC(=O)[C@@H](NC(=O)c2ccc3c(c2C)B(O)OC3)C(C)C)c1. The highest BCUT2D eigenvalue weighted by atomic mass is 16.5. The van der Waals surface area contributed by atoms with Crippen molar-refractivity contribution >= 4 is 24.5 Å². The molecule has 1 atom stereocenters. The predicted octanol–water partition coefficient (Wildman–Crippen LogP) is 2.66. The van der Waals surface area contributed by atoms with Crippen molar-refractivity contribution in [3.8, 4) is 0 Å². The second kappa shape index (κ2) is 10.1. The van der Waals surface area contributed by atoms with Crippen molar-refractivity contribution in [2.24, 2.45) is 5.92 Å². The predicted molar refractivity (Wildman–Crippen MR) is 120 cm³/mol. The van der Waals surface area contributed by atoms with Gasteiger partial charge in [-0.25, -0.2) is 4.79 Å². The van der Waals surface area contributed by atoms with Crippen molar-refractivity contribution in [3.63, 3.8) is 0 Å². The van der Waals surface area contributed by atoms with E-state index >= 15 is 0 Å². The van der Waals surface area contributed by atoms with Crippen LogP contribution in [0.2, 0.25) is 0 Å². The molecule has 0 radical (unpaired) electrons. The topological polar surface area (TPSA) is 84.9 Å². The molecule has 0 saturated carbocycles. The Morgan fingerprint density at radius 1 is 1.23 bits per heavy atom. The normalized spacial score (nSPS) is 13.8. The summed E-state index contributed by atoms with van der Waals surface area (Å²) in [7, 11) is -1.03. The number of esters is 1. The highest BCUT2D eigenvalue weighted by Gasteiger charge is 2.32. The first-order valence-electron chi connectivity index (χ1n) is 10.8. The summed E-state index contributed by atoms with van der Waals surface area (Å²) in [6.45, 7) is 8.11. The molecule has 0 fully saturated rings. The van der Waals surface area contributed by atoms with Gasteiger partial charge >= 0.3 is 13.1 Å². The number of hydrogen-bond donors (Lipinski definition) is 2. The minimum absolute atomic E-state index is 0.147. The lowest BCUT2D eigenvalue weighted by Crippen LogP contribution is -2.46. The average Bonchev–Trinajstić information content (AvgIpc) is 3.12. The molecule has 2 aromatic carbocycles. The van der Waals surface area contributed by atoms with Gasteiger partial charge in [0.25, 0.3) is 5.91 Å². The van der Waals surface area contributed by atoms with Crippen molar-refractivity contribution in [3.05, 3.63) is 64.2 Å². The molecule has 1 heterocycles. The van der Waals surface area contributed by atoms with Gasteiger partial charge in [0, 0.05) is 5.56 Å². The molecule has 0 bridgehead atoms. The van der Waals surface area contributed by atoms with Gasteiger partial charge in [-0.05, 0) is 53.0 Å². The molecular weight excluding hydrogens is 393 g/mol. The first-order chi connectivity index (χ1) is 14.8. The van der Waals surface area contributed by atoms with Gasteiger partial charge < -0.3 is 19.7 Å². The fraction of sp³-hybridized carbons (Fsp3) is 0.417. The first kappa shape index (κ1) is 23.0. The average molecular weight is 423 g/mol. The minimum Gasteiger partial charge on any atom is -0.459 e. The third-order valence-electron chi connectivity index (χ3n) is 5.61. The molecule has 0 saturated heterocycles. The molecule has 2 N–H and O–H groups in total. The third-order valence-corrected chi connectivity index (χ3v) is 5.61. The van der Waals surface area contributed by atoms with Crippen LogP contribution >= 0.6 is 0 Å². The molecule has 1 aliphatic rings. The number of hydrogen-bond acceptors (Lipinski definition) is 5. The molecule has 0 aliphatic carbocycles. The fourth-order valence-electron chi connectivity index (χ4n) is 3.88. The number of carbonyl (C=O) groups excluding carboxylic acids is 2. The van der Waals surface area contributed by atoms with E-state index in [0.717, 1.165) is 24.0 Å². The van der Waals surface area contributed by atoms with Gasteiger partial charge in [0.15, 0.2) is 0 Å². The molecule has 2 aromatic rings. The fourth-order valence-corrected chi connectivity index (χ4v) is 3.88. The maximum atomic E-state index is 12.9. The second-order valence-corrected chi connectivity index (χ2v) is 8.35. The Morgan fingerprint density at radius 3 is 2.68 bits per heavy atom. The maximum absolute atomic E-state index is 12.9. The van der Waals surface area contributed by atoms with Crippen LogP contribution < -0.4 is 10.8 Å². The smallest absolute Gasteiger partial charge is 0.459 e. The van der Waals surface area contributed by atoms with Crippen LogP contribution in [0.4, 0.5) is 0 Å². The van der Waals surface area contributed by atoms with Gasteiger partial charge in [-0.1, -0.05) is 57.5 Å². The van der Waals surface area contributed by atoms with E-state index in [1.807, 2.05) is 32.0 Å². The van der Waals surface area contributed by atoms with Gasteiger partial charge in [0.05, 0.1) is 6.61 Å². The van der Waals surface area contributed by atoms with E-state index in [1.54, 1.807) is 19.1 Å². The molecule has 1 aliphatic heterocycles. The summed E-state index contributed by atoms with van der Waals surface area (Å²) in [5.41, 5.74) is 4.70. The van der Waals surface area contributed by atoms with Gasteiger partial charge in [-0.3, -0.25) is 4.79 Å². The molecule has 1 amide bonds. The van der Waals surface area contributed by atoms with E-state index in [0.29, 0.717) is 23.2 Å². The summed E-state index contributed by atoms with van der Waals surface area (Å²) in [4.78, 5) is 25.7. The first-order valence-corrected chi connectivity index (χ1v) is 10.8. The summed E-state index contributed by atoms with van der Waals surface area (Å²) in [5.74, 6) is -0.988. The summed E-state index contributed by atoms with van der Waals surface area (Å²) in [6, 6.07) is 10.7. The lowest BCUT2D eigenvalue weighted by Gasteiger charge is -2.22. The standard InChI is InChI=1S/C24H30BNO5/c1-5-7-17-8-6-9-18(12-17)13-30-24(28)22(15(2)3)26-23(27)20-11-10-19-14-31-25(29)21(19)16(20)4/h6,8-12,15,22,29H,5,7,13-14H2,1-4H3,(H,26,27)/t22-/m0/s1. The van der Waals surface area contributed by atoms with E-state index in [4.69, 9.17) is 9.39 Å². The van der Waals surface area contributed by atoms with Crippen molar-refractivity contribution in [1.82, 2.24) is 5.32 Å². The minimum atomic E-state index is -1.03. The number of fused-ring (bicyclic) bond motifs is 1. The maximum Gasteiger partial charge on any atom is 0.492 e. The number of benzene rings is 2. The zero-order valence-electron chi connectivity index (χ0n) is 18.6. The van der Waals surface area contributed by atoms with E-state index in [2.05, 4.69) is 18.3 Å². The van der Waals surface area contributed by atoms with Crippen LogP contribution in [0.15, 0.2) is 36.4 Å². The van der Waals surface area contributed by atoms with Crippen LogP contribution in [0.25, 0.3) is 0 Å². The Morgan fingerprint density at radius 2 is 1.97 bits per heavy atom. The van der Waals surface area contributed by atoms with Gasteiger partial charge in [0.2, 0.25) is 0 Å². The van der Waals surface area contributed by atoms with Crippen LogP contribution in [0, 0.1) is 12.8 Å². The third kappa shape index (κ3) is 5.35. The number of nitrogens with one attached hydrogen (secondary N) is 1. The molecule has 0 unspecified atom stereocenters. The zero-order valence-corrected chi connectivity index (χ0v) is 18.6. The molecule has 0 aromatic heterocycles. The highest BCUT2D eigenvalue weighted by molar-refractivity contribution is 6.62. The van der Waals surface area contributed by atoms with E-state index in [1.165, 1.54) is 5.56 Å². The van der Waals surface area contributed by atoms with Crippen molar-refractivity contribution in [1.29, 1.82) is 0 Å². The molecule has 7 heteroatoms. The Bertz CT molecular complexity index is 959. The number of aryl methyl sites for hydroxylation is 1. The zero-order chi connectivity index (χ0) is 22.5. The monoisotopic (exact) mass is 423 g/mol. The van der Waals surface area contributed by atoms with Crippen LogP contribution in [0.5, 0.6) is 0 Å². The Labute approximate surface area is 184 Å². The lowest BCUT2D eigenvalue weighted by molar-refractivity contribution is -0.148. The molecular formula is C24H30BNO5. The molecule has 31 heavy (non-hydrogen) atoms. The van der Waals surface area contributed by atoms with E-state index < -0.39 is 19.1 Å². The summed E-state index contributed by atoms with van der Waals surface area (Å²) >= 11 is 0. The van der Waals surface area contributed by atoms with Crippen molar-refractivity contribution in [2.45, 2.75) is 59.8 Å². The number of amides is 1.